The summed E-state index contributed by atoms with van der Waals surface area (Å²) in [4.78, 5) is 11.6. The Morgan fingerprint density at radius 1 is 1.28 bits per heavy atom. The van der Waals surface area contributed by atoms with Crippen molar-refractivity contribution in [2.75, 3.05) is 13.1 Å². The van der Waals surface area contributed by atoms with Crippen LogP contribution >= 0.6 is 0 Å². The lowest BCUT2D eigenvalue weighted by Crippen LogP contribution is -2.24. The van der Waals surface area contributed by atoms with Crippen LogP contribution in [-0.4, -0.2) is 24.1 Å². The second-order valence-electron chi connectivity index (χ2n) is 4.12. The lowest BCUT2D eigenvalue weighted by atomic mass is 10.1. The fourth-order valence-corrected chi connectivity index (χ4v) is 1.61. The van der Waals surface area contributed by atoms with Gasteiger partial charge in [-0.2, -0.15) is 0 Å². The zero-order valence-corrected chi connectivity index (χ0v) is 10.3. The van der Waals surface area contributed by atoms with Crippen molar-refractivity contribution in [2.45, 2.75) is 25.7 Å². The summed E-state index contributed by atoms with van der Waals surface area (Å²) in [6.45, 7) is 1.20. The Morgan fingerprint density at radius 3 is 2.72 bits per heavy atom. The number of hydrogen-bond acceptors (Lipinski definition) is 3. The number of nitrogens with two attached hydrogens (primary N) is 1. The molecule has 0 atom stereocenters. The van der Waals surface area contributed by atoms with E-state index < -0.39 is 11.7 Å². The van der Waals surface area contributed by atoms with Crippen molar-refractivity contribution in [3.8, 4) is 5.75 Å². The molecule has 0 bridgehead atoms. The molecule has 1 amide bonds. The third kappa shape index (κ3) is 4.71. The van der Waals surface area contributed by atoms with Gasteiger partial charge in [0.2, 0.25) is 0 Å². The number of carbonyl (C=O) groups excluding carboxylic acids is 1. The van der Waals surface area contributed by atoms with Crippen molar-refractivity contribution in [1.82, 2.24) is 5.32 Å². The largest absolute Gasteiger partial charge is 0.507 e. The Kier molecular flexibility index (Phi) is 6.14. The Labute approximate surface area is 106 Å². The summed E-state index contributed by atoms with van der Waals surface area (Å²) in [5.41, 5.74) is 5.33. The Bertz CT molecular complexity index is 397. The van der Waals surface area contributed by atoms with Gasteiger partial charge in [0.05, 0.1) is 5.56 Å². The van der Waals surface area contributed by atoms with Crippen molar-refractivity contribution < 1.29 is 14.3 Å². The minimum Gasteiger partial charge on any atom is -0.507 e. The predicted molar refractivity (Wildman–Crippen MR) is 67.9 cm³/mol. The molecule has 0 aliphatic rings. The van der Waals surface area contributed by atoms with E-state index in [1.807, 2.05) is 0 Å². The number of aromatic hydroxyl groups is 1. The van der Waals surface area contributed by atoms with Gasteiger partial charge in [-0.3, -0.25) is 4.79 Å². The first kappa shape index (κ1) is 14.4. The molecule has 0 heterocycles. The van der Waals surface area contributed by atoms with Gasteiger partial charge in [-0.15, -0.1) is 0 Å². The number of phenolic OH excluding ortho intramolecular Hbond substituents is 1. The van der Waals surface area contributed by atoms with Gasteiger partial charge in [0.1, 0.15) is 11.6 Å². The van der Waals surface area contributed by atoms with Gasteiger partial charge in [-0.1, -0.05) is 12.8 Å². The molecule has 1 aromatic rings. The van der Waals surface area contributed by atoms with Crippen molar-refractivity contribution in [2.24, 2.45) is 5.73 Å². The minimum absolute atomic E-state index is 0.0306. The van der Waals surface area contributed by atoms with Gasteiger partial charge in [0.25, 0.3) is 5.91 Å². The predicted octanol–water partition coefficient (Wildman–Crippen LogP) is 1.78. The molecule has 0 radical (unpaired) electrons. The molecule has 0 aliphatic carbocycles. The Balaban J connectivity index is 2.34. The molecule has 0 spiro atoms. The molecular weight excluding hydrogens is 235 g/mol. The molecule has 0 fully saturated rings. The second kappa shape index (κ2) is 7.66. The summed E-state index contributed by atoms with van der Waals surface area (Å²) in [5.74, 6) is -1.20. The molecule has 0 aliphatic heterocycles. The molecule has 1 rings (SSSR count). The third-order valence-corrected chi connectivity index (χ3v) is 2.62. The Morgan fingerprint density at radius 2 is 2.00 bits per heavy atom. The lowest BCUT2D eigenvalue weighted by molar-refractivity contribution is 0.0950. The van der Waals surface area contributed by atoms with E-state index in [1.165, 1.54) is 6.07 Å². The fraction of sp³-hybridized carbons (Fsp3) is 0.462. The van der Waals surface area contributed by atoms with Gasteiger partial charge < -0.3 is 16.2 Å². The highest BCUT2D eigenvalue weighted by molar-refractivity contribution is 5.96. The lowest BCUT2D eigenvalue weighted by Gasteiger charge is -2.06. The number of benzene rings is 1. The van der Waals surface area contributed by atoms with Gasteiger partial charge in [-0.05, 0) is 37.6 Å². The molecule has 0 saturated heterocycles. The van der Waals surface area contributed by atoms with Crippen LogP contribution in [0.1, 0.15) is 36.0 Å². The highest BCUT2D eigenvalue weighted by atomic mass is 19.1. The summed E-state index contributed by atoms with van der Waals surface area (Å²) >= 11 is 0. The zero-order chi connectivity index (χ0) is 13.4. The van der Waals surface area contributed by atoms with Crippen LogP contribution in [0.2, 0.25) is 0 Å². The molecule has 5 heteroatoms. The van der Waals surface area contributed by atoms with Crippen LogP contribution in [-0.2, 0) is 0 Å². The van der Waals surface area contributed by atoms with Crippen molar-refractivity contribution in [1.29, 1.82) is 0 Å². The summed E-state index contributed by atoms with van der Waals surface area (Å²) in [6.07, 6.45) is 3.87. The maximum absolute atomic E-state index is 12.9. The summed E-state index contributed by atoms with van der Waals surface area (Å²) in [7, 11) is 0. The van der Waals surface area contributed by atoms with E-state index in [-0.39, 0.29) is 11.3 Å². The number of halogens is 1. The van der Waals surface area contributed by atoms with Crippen molar-refractivity contribution in [3.63, 3.8) is 0 Å². The average Bonchev–Trinajstić information content (AvgIpc) is 2.36. The molecule has 18 heavy (non-hydrogen) atoms. The molecule has 100 valence electrons. The van der Waals surface area contributed by atoms with Gasteiger partial charge in [0.15, 0.2) is 0 Å². The van der Waals surface area contributed by atoms with E-state index in [9.17, 15) is 14.3 Å². The summed E-state index contributed by atoms with van der Waals surface area (Å²) < 4.78 is 12.9. The quantitative estimate of drug-likeness (QED) is 0.649. The molecule has 0 aromatic heterocycles. The summed E-state index contributed by atoms with van der Waals surface area (Å²) in [5, 5.41) is 12.1. The van der Waals surface area contributed by atoms with E-state index in [2.05, 4.69) is 5.32 Å². The number of unbranched alkanes of at least 4 members (excludes halogenated alkanes) is 3. The first-order chi connectivity index (χ1) is 8.65. The highest BCUT2D eigenvalue weighted by Gasteiger charge is 2.11. The van der Waals surface area contributed by atoms with E-state index in [4.69, 9.17) is 5.73 Å². The fourth-order valence-electron chi connectivity index (χ4n) is 1.61. The average molecular weight is 254 g/mol. The van der Waals surface area contributed by atoms with Crippen LogP contribution in [0.3, 0.4) is 0 Å². The number of rotatable bonds is 7. The monoisotopic (exact) mass is 254 g/mol. The van der Waals surface area contributed by atoms with Crippen LogP contribution in [0.4, 0.5) is 4.39 Å². The molecule has 4 N–H and O–H groups in total. The Hall–Kier alpha value is -1.62. The maximum atomic E-state index is 12.9. The standard InChI is InChI=1S/C13H19FN2O2/c14-10-5-6-12(17)11(9-10)13(18)16-8-4-2-1-3-7-15/h5-6,9,17H,1-4,7-8,15H2,(H,16,18). The number of phenols is 1. The minimum atomic E-state index is -0.541. The first-order valence-corrected chi connectivity index (χ1v) is 6.12. The SMILES string of the molecule is NCCCCCCNC(=O)c1cc(F)ccc1O. The number of hydrogen-bond donors (Lipinski definition) is 3. The van der Waals surface area contributed by atoms with E-state index in [0.29, 0.717) is 13.1 Å². The molecular formula is C13H19FN2O2. The number of nitrogens with one attached hydrogen (secondary N) is 1. The second-order valence-corrected chi connectivity index (χ2v) is 4.12. The van der Waals surface area contributed by atoms with Crippen molar-refractivity contribution in [3.05, 3.63) is 29.6 Å². The van der Waals surface area contributed by atoms with Gasteiger partial charge in [-0.25, -0.2) is 4.39 Å². The van der Waals surface area contributed by atoms with E-state index in [1.54, 1.807) is 0 Å². The number of amides is 1. The van der Waals surface area contributed by atoms with Crippen LogP contribution in [0.5, 0.6) is 5.75 Å². The topological polar surface area (TPSA) is 75.3 Å². The van der Waals surface area contributed by atoms with Crippen molar-refractivity contribution >= 4 is 5.91 Å². The van der Waals surface area contributed by atoms with Gasteiger partial charge >= 0.3 is 0 Å². The molecule has 0 saturated carbocycles. The van der Waals surface area contributed by atoms with E-state index >= 15 is 0 Å². The van der Waals surface area contributed by atoms with E-state index in [0.717, 1.165) is 37.8 Å². The first-order valence-electron chi connectivity index (χ1n) is 6.12. The van der Waals surface area contributed by atoms with Crippen LogP contribution in [0.15, 0.2) is 18.2 Å². The van der Waals surface area contributed by atoms with Crippen LogP contribution in [0.25, 0.3) is 0 Å². The normalized spacial score (nSPS) is 10.3. The molecule has 1 aromatic carbocycles. The maximum Gasteiger partial charge on any atom is 0.255 e. The third-order valence-electron chi connectivity index (χ3n) is 2.62. The van der Waals surface area contributed by atoms with Crippen LogP contribution in [0, 0.1) is 5.82 Å². The molecule has 0 unspecified atom stereocenters. The summed E-state index contributed by atoms with van der Waals surface area (Å²) in [6, 6.07) is 3.31. The molecule has 4 nitrogen and oxygen atoms in total. The smallest absolute Gasteiger partial charge is 0.255 e. The van der Waals surface area contributed by atoms with Gasteiger partial charge in [0, 0.05) is 6.54 Å². The zero-order valence-electron chi connectivity index (χ0n) is 10.3. The van der Waals surface area contributed by atoms with Crippen LogP contribution < -0.4 is 11.1 Å². The number of carbonyl (C=O) groups is 1. The highest BCUT2D eigenvalue weighted by Crippen LogP contribution is 2.17.